The van der Waals surface area contributed by atoms with Crippen LogP contribution in [0.2, 0.25) is 0 Å². The smallest absolute Gasteiger partial charge is 0.357 e. The van der Waals surface area contributed by atoms with Crippen molar-refractivity contribution in [2.45, 2.75) is 5.75 Å². The molecule has 11 heavy (non-hydrogen) atoms. The second kappa shape index (κ2) is 3.68. The van der Waals surface area contributed by atoms with Crippen LogP contribution in [-0.2, 0) is 5.75 Å². The van der Waals surface area contributed by atoms with Gasteiger partial charge in [-0.2, -0.15) is 11.8 Å². The minimum absolute atomic E-state index is 0.0874. The van der Waals surface area contributed by atoms with Crippen molar-refractivity contribution in [2.24, 2.45) is 0 Å². The Morgan fingerprint density at radius 2 is 2.55 bits per heavy atom. The summed E-state index contributed by atoms with van der Waals surface area (Å²) in [4.78, 5) is 11.2. The molecule has 0 atom stereocenters. The maximum absolute atomic E-state index is 10.5. The number of rotatable bonds is 3. The lowest BCUT2D eigenvalue weighted by Crippen LogP contribution is -1.99. The predicted molar refractivity (Wildman–Crippen MR) is 44.1 cm³/mol. The Morgan fingerprint density at radius 3 is 3.09 bits per heavy atom. The van der Waals surface area contributed by atoms with E-state index in [4.69, 9.17) is 5.11 Å². The molecule has 6 heteroatoms. The normalized spacial score (nSPS) is 9.91. The van der Waals surface area contributed by atoms with Crippen molar-refractivity contribution in [1.29, 1.82) is 0 Å². The molecule has 0 saturated carbocycles. The van der Waals surface area contributed by atoms with Crippen molar-refractivity contribution < 1.29 is 9.90 Å². The first kappa shape index (κ1) is 8.48. The van der Waals surface area contributed by atoms with Gasteiger partial charge < -0.3 is 5.11 Å². The molecule has 0 aromatic carbocycles. The predicted octanol–water partition coefficient (Wildman–Crippen LogP) is 1.10. The molecule has 0 aliphatic heterocycles. The molecule has 0 fully saturated rings. The van der Waals surface area contributed by atoms with Gasteiger partial charge in [-0.1, -0.05) is 4.49 Å². The molecule has 1 heterocycles. The maximum atomic E-state index is 10.5. The summed E-state index contributed by atoms with van der Waals surface area (Å²) >= 11 is 2.70. The second-order valence-corrected chi connectivity index (χ2v) is 3.49. The molecule has 1 aromatic rings. The molecule has 0 radical (unpaired) electrons. The summed E-state index contributed by atoms with van der Waals surface area (Å²) in [6.45, 7) is 0. The Balaban J connectivity index is 2.87. The average Bonchev–Trinajstić information content (AvgIpc) is 2.36. The van der Waals surface area contributed by atoms with Gasteiger partial charge in [-0.3, -0.25) is 0 Å². The van der Waals surface area contributed by atoms with Crippen LogP contribution < -0.4 is 0 Å². The van der Waals surface area contributed by atoms with Gasteiger partial charge in [0, 0.05) is 5.75 Å². The first-order chi connectivity index (χ1) is 5.25. The third kappa shape index (κ3) is 1.90. The van der Waals surface area contributed by atoms with Gasteiger partial charge in [0.25, 0.3) is 0 Å². The Hall–Kier alpha value is -0.620. The van der Waals surface area contributed by atoms with Crippen LogP contribution in [0, 0.1) is 0 Å². The summed E-state index contributed by atoms with van der Waals surface area (Å²) < 4.78 is 3.56. The van der Waals surface area contributed by atoms with E-state index >= 15 is 0 Å². The quantitative estimate of drug-likeness (QED) is 0.773. The lowest BCUT2D eigenvalue weighted by molar-refractivity contribution is 0.0689. The van der Waals surface area contributed by atoms with Crippen LogP contribution >= 0.6 is 23.3 Å². The molecule has 1 N–H and O–H groups in total. The van der Waals surface area contributed by atoms with E-state index in [0.29, 0.717) is 5.75 Å². The summed E-state index contributed by atoms with van der Waals surface area (Å²) in [6, 6.07) is 0. The molecular formula is C5H6N2O2S2. The Labute approximate surface area is 71.8 Å². The number of carboxylic acids is 1. The number of hydrogen-bond donors (Lipinski definition) is 1. The summed E-state index contributed by atoms with van der Waals surface area (Å²) in [5.74, 6) is -0.331. The van der Waals surface area contributed by atoms with E-state index in [2.05, 4.69) is 9.59 Å². The van der Waals surface area contributed by atoms with Crippen LogP contribution in [0.1, 0.15) is 15.4 Å². The molecule has 1 aromatic heterocycles. The highest BCUT2D eigenvalue weighted by Crippen LogP contribution is 2.16. The zero-order valence-electron chi connectivity index (χ0n) is 5.77. The van der Waals surface area contributed by atoms with Crippen molar-refractivity contribution in [2.75, 3.05) is 6.26 Å². The van der Waals surface area contributed by atoms with Gasteiger partial charge >= 0.3 is 5.97 Å². The van der Waals surface area contributed by atoms with Crippen molar-refractivity contribution in [3.8, 4) is 0 Å². The van der Waals surface area contributed by atoms with Crippen molar-refractivity contribution in [1.82, 2.24) is 9.59 Å². The molecule has 0 aliphatic rings. The fourth-order valence-electron chi connectivity index (χ4n) is 0.597. The number of thioether (sulfide) groups is 1. The Morgan fingerprint density at radius 1 is 1.82 bits per heavy atom. The van der Waals surface area contributed by atoms with Crippen LogP contribution in [-0.4, -0.2) is 26.9 Å². The summed E-state index contributed by atoms with van der Waals surface area (Å²) in [5.41, 5.74) is 0.0874. The zero-order chi connectivity index (χ0) is 8.27. The lowest BCUT2D eigenvalue weighted by atomic mass is 10.4. The number of carboxylic acid groups (broad SMARTS) is 1. The molecule has 0 unspecified atom stereocenters. The third-order valence-electron chi connectivity index (χ3n) is 1.03. The van der Waals surface area contributed by atoms with Gasteiger partial charge in [0.1, 0.15) is 0 Å². The third-order valence-corrected chi connectivity index (χ3v) is 2.52. The molecule has 0 saturated heterocycles. The zero-order valence-corrected chi connectivity index (χ0v) is 7.41. The number of nitrogens with zero attached hydrogens (tertiary/aromatic N) is 2. The molecular weight excluding hydrogens is 184 g/mol. The van der Waals surface area contributed by atoms with E-state index < -0.39 is 5.97 Å². The van der Waals surface area contributed by atoms with Gasteiger partial charge in [-0.25, -0.2) is 4.79 Å². The fourth-order valence-corrected chi connectivity index (χ4v) is 2.00. The van der Waals surface area contributed by atoms with Crippen LogP contribution in [0.4, 0.5) is 0 Å². The van der Waals surface area contributed by atoms with Crippen LogP contribution in [0.5, 0.6) is 0 Å². The van der Waals surface area contributed by atoms with Gasteiger partial charge in [-0.05, 0) is 17.8 Å². The first-order valence-corrected chi connectivity index (χ1v) is 4.96. The SMILES string of the molecule is CSCc1snnc1C(=O)O. The number of aromatic carboxylic acids is 1. The van der Waals surface area contributed by atoms with E-state index in [1.165, 1.54) is 0 Å². The summed E-state index contributed by atoms with van der Waals surface area (Å²) in [7, 11) is 0. The molecule has 4 nitrogen and oxygen atoms in total. The second-order valence-electron chi connectivity index (χ2n) is 1.78. The molecule has 1 rings (SSSR count). The topological polar surface area (TPSA) is 63.1 Å². The van der Waals surface area contributed by atoms with Crippen molar-refractivity contribution in [3.05, 3.63) is 10.6 Å². The minimum atomic E-state index is -0.997. The van der Waals surface area contributed by atoms with Crippen LogP contribution in [0.15, 0.2) is 0 Å². The van der Waals surface area contributed by atoms with Crippen molar-refractivity contribution in [3.63, 3.8) is 0 Å². The average molecular weight is 190 g/mol. The highest BCUT2D eigenvalue weighted by molar-refractivity contribution is 7.97. The molecule has 60 valence electrons. The first-order valence-electron chi connectivity index (χ1n) is 2.79. The van der Waals surface area contributed by atoms with E-state index in [0.717, 1.165) is 16.4 Å². The van der Waals surface area contributed by atoms with Crippen LogP contribution in [0.25, 0.3) is 0 Å². The minimum Gasteiger partial charge on any atom is -0.476 e. The van der Waals surface area contributed by atoms with E-state index in [1.807, 2.05) is 6.26 Å². The Bertz CT molecular complexity index is 261. The lowest BCUT2D eigenvalue weighted by Gasteiger charge is -1.90. The summed E-state index contributed by atoms with van der Waals surface area (Å²) in [6.07, 6.45) is 1.91. The largest absolute Gasteiger partial charge is 0.476 e. The monoisotopic (exact) mass is 190 g/mol. The highest BCUT2D eigenvalue weighted by atomic mass is 32.2. The van der Waals surface area contributed by atoms with Crippen molar-refractivity contribution >= 4 is 29.3 Å². The standard InChI is InChI=1S/C5H6N2O2S2/c1-10-2-3-4(5(8)9)6-7-11-3/h2H2,1H3,(H,8,9). The molecule has 0 bridgehead atoms. The number of carbonyl (C=O) groups is 1. The van der Waals surface area contributed by atoms with Gasteiger partial charge in [0.2, 0.25) is 0 Å². The maximum Gasteiger partial charge on any atom is 0.357 e. The van der Waals surface area contributed by atoms with Crippen LogP contribution in [0.3, 0.4) is 0 Å². The number of hydrogen-bond acceptors (Lipinski definition) is 5. The molecule has 0 spiro atoms. The molecule has 0 amide bonds. The van der Waals surface area contributed by atoms with E-state index in [9.17, 15) is 4.79 Å². The van der Waals surface area contributed by atoms with Gasteiger partial charge in [0.15, 0.2) is 5.69 Å². The van der Waals surface area contributed by atoms with E-state index in [1.54, 1.807) is 11.8 Å². The van der Waals surface area contributed by atoms with Gasteiger partial charge in [-0.15, -0.1) is 5.10 Å². The Kier molecular flexibility index (Phi) is 2.84. The van der Waals surface area contributed by atoms with E-state index in [-0.39, 0.29) is 5.69 Å². The fraction of sp³-hybridized carbons (Fsp3) is 0.400. The highest BCUT2D eigenvalue weighted by Gasteiger charge is 2.13. The number of aromatic nitrogens is 2. The summed E-state index contributed by atoms with van der Waals surface area (Å²) in [5, 5.41) is 12.1. The van der Waals surface area contributed by atoms with Gasteiger partial charge in [0.05, 0.1) is 4.88 Å². The molecule has 0 aliphatic carbocycles.